The van der Waals surface area contributed by atoms with Crippen molar-refractivity contribution in [2.24, 2.45) is 11.7 Å². The van der Waals surface area contributed by atoms with Crippen LogP contribution >= 0.6 is 0 Å². The van der Waals surface area contributed by atoms with Crippen molar-refractivity contribution in [2.75, 3.05) is 38.6 Å². The average molecular weight is 580 g/mol. The second-order valence-electron chi connectivity index (χ2n) is 10.2. The summed E-state index contributed by atoms with van der Waals surface area (Å²) in [5.41, 5.74) is 14.3. The van der Waals surface area contributed by atoms with Gasteiger partial charge in [-0.15, -0.1) is 0 Å². The zero-order chi connectivity index (χ0) is 30.9. The Morgan fingerprint density at radius 3 is 2.17 bits per heavy atom. The molecule has 0 amide bonds. The van der Waals surface area contributed by atoms with Crippen molar-refractivity contribution < 1.29 is 28.9 Å². The number of aliphatic carboxylic acids is 1. The molecule has 0 heterocycles. The molecule has 3 rings (SSSR count). The standard InChI is InChI=1S/C17H28N2O3.C16H17NO3/c1-5-19(6-2)9-10-21-17(20)14-7-8-15(18)16(11-14)22-12-13(3)4;17-15(16(18)19)10-12-6-8-14(9-7-12)20-11-13-4-2-1-3-5-13/h7-8,11,13H,5-6,9-10,12,18H2,1-4H3;1-9,15H,10-11,17H2,(H,18,19)/t;15-/m.1/s1. The quantitative estimate of drug-likeness (QED) is 0.167. The molecule has 0 aromatic heterocycles. The molecule has 0 aliphatic carbocycles. The molecule has 0 bridgehead atoms. The first-order valence-electron chi connectivity index (χ1n) is 14.3. The minimum absolute atomic E-state index is 0.314. The molecule has 228 valence electrons. The highest BCUT2D eigenvalue weighted by Gasteiger charge is 2.13. The summed E-state index contributed by atoms with van der Waals surface area (Å²) in [5.74, 6) is 0.341. The Hall–Kier alpha value is -4.08. The third-order valence-electron chi connectivity index (χ3n) is 6.30. The number of nitrogen functional groups attached to an aromatic ring is 1. The summed E-state index contributed by atoms with van der Waals surface area (Å²) in [7, 11) is 0. The van der Waals surface area contributed by atoms with E-state index in [1.165, 1.54) is 0 Å². The van der Waals surface area contributed by atoms with E-state index >= 15 is 0 Å². The predicted octanol–water partition coefficient (Wildman–Crippen LogP) is 5.02. The lowest BCUT2D eigenvalue weighted by Crippen LogP contribution is -2.32. The highest BCUT2D eigenvalue weighted by atomic mass is 16.5. The van der Waals surface area contributed by atoms with Gasteiger partial charge >= 0.3 is 11.9 Å². The van der Waals surface area contributed by atoms with E-state index in [0.29, 0.717) is 49.2 Å². The summed E-state index contributed by atoms with van der Waals surface area (Å²) >= 11 is 0. The van der Waals surface area contributed by atoms with E-state index in [1.54, 1.807) is 18.2 Å². The lowest BCUT2D eigenvalue weighted by molar-refractivity contribution is -0.138. The highest BCUT2D eigenvalue weighted by Crippen LogP contribution is 2.24. The van der Waals surface area contributed by atoms with Gasteiger partial charge in [0.05, 0.1) is 17.9 Å². The van der Waals surface area contributed by atoms with E-state index in [9.17, 15) is 9.59 Å². The zero-order valence-electron chi connectivity index (χ0n) is 25.1. The number of nitrogens with two attached hydrogens (primary N) is 2. The fourth-order valence-electron chi connectivity index (χ4n) is 3.74. The van der Waals surface area contributed by atoms with Gasteiger partial charge in [0.15, 0.2) is 0 Å². The van der Waals surface area contributed by atoms with Crippen molar-refractivity contribution >= 4 is 17.6 Å². The fraction of sp³-hybridized carbons (Fsp3) is 0.394. The van der Waals surface area contributed by atoms with Crippen LogP contribution in [-0.2, 0) is 22.6 Å². The number of anilines is 1. The van der Waals surface area contributed by atoms with E-state index in [1.807, 2.05) is 54.6 Å². The maximum atomic E-state index is 12.1. The summed E-state index contributed by atoms with van der Waals surface area (Å²) < 4.78 is 16.6. The molecule has 5 N–H and O–H groups in total. The Balaban J connectivity index is 0.000000294. The number of carbonyl (C=O) groups excluding carboxylic acids is 1. The van der Waals surface area contributed by atoms with Gasteiger partial charge in [0, 0.05) is 6.54 Å². The van der Waals surface area contributed by atoms with Gasteiger partial charge in [-0.1, -0.05) is 70.2 Å². The van der Waals surface area contributed by atoms with E-state index in [2.05, 4.69) is 32.6 Å². The number of benzene rings is 3. The molecule has 9 heteroatoms. The minimum atomic E-state index is -0.991. The largest absolute Gasteiger partial charge is 0.491 e. The van der Waals surface area contributed by atoms with Gasteiger partial charge in [-0.2, -0.15) is 0 Å². The Morgan fingerprint density at radius 2 is 1.57 bits per heavy atom. The molecule has 3 aromatic carbocycles. The summed E-state index contributed by atoms with van der Waals surface area (Å²) in [6.07, 6.45) is 0.314. The van der Waals surface area contributed by atoms with Crippen LogP contribution in [0.2, 0.25) is 0 Å². The molecule has 42 heavy (non-hydrogen) atoms. The van der Waals surface area contributed by atoms with E-state index in [-0.39, 0.29) is 5.97 Å². The minimum Gasteiger partial charge on any atom is -0.491 e. The molecule has 0 saturated carbocycles. The van der Waals surface area contributed by atoms with Crippen LogP contribution < -0.4 is 20.9 Å². The number of carbonyl (C=O) groups is 2. The van der Waals surface area contributed by atoms with Gasteiger partial charge < -0.3 is 35.7 Å². The van der Waals surface area contributed by atoms with E-state index < -0.39 is 12.0 Å². The van der Waals surface area contributed by atoms with Crippen LogP contribution in [0.1, 0.15) is 49.2 Å². The van der Waals surface area contributed by atoms with Gasteiger partial charge in [0.25, 0.3) is 0 Å². The van der Waals surface area contributed by atoms with Gasteiger partial charge in [-0.3, -0.25) is 4.79 Å². The Kier molecular flexibility index (Phi) is 14.9. The number of carboxylic acids is 1. The molecule has 0 saturated heterocycles. The normalized spacial score (nSPS) is 11.4. The van der Waals surface area contributed by atoms with Crippen LogP contribution in [0.5, 0.6) is 11.5 Å². The van der Waals surface area contributed by atoms with Crippen molar-refractivity contribution in [3.63, 3.8) is 0 Å². The summed E-state index contributed by atoms with van der Waals surface area (Å²) in [6, 6.07) is 21.3. The molecule has 0 spiro atoms. The lowest BCUT2D eigenvalue weighted by atomic mass is 10.1. The molecule has 0 aliphatic heterocycles. The molecule has 0 fully saturated rings. The van der Waals surface area contributed by atoms with Crippen LogP contribution in [-0.4, -0.2) is 60.8 Å². The second kappa shape index (κ2) is 18.4. The van der Waals surface area contributed by atoms with Gasteiger partial charge in [0.2, 0.25) is 0 Å². The van der Waals surface area contributed by atoms with E-state index in [4.69, 9.17) is 30.8 Å². The summed E-state index contributed by atoms with van der Waals surface area (Å²) in [4.78, 5) is 24.9. The smallest absolute Gasteiger partial charge is 0.338 e. The van der Waals surface area contributed by atoms with Crippen LogP contribution in [0.4, 0.5) is 5.69 Å². The SMILES string of the molecule is CCN(CC)CCOC(=O)c1ccc(N)c(OCC(C)C)c1.N[C@H](Cc1ccc(OCc2ccccc2)cc1)C(=O)O. The van der Waals surface area contributed by atoms with Crippen molar-refractivity contribution in [1.29, 1.82) is 0 Å². The number of likely N-dealkylation sites (N-methyl/N-ethyl adjacent to an activating group) is 1. The number of hydrogen-bond acceptors (Lipinski definition) is 8. The molecular weight excluding hydrogens is 534 g/mol. The molecule has 0 aliphatic rings. The van der Waals surface area contributed by atoms with Crippen molar-refractivity contribution in [3.8, 4) is 11.5 Å². The molecule has 0 radical (unpaired) electrons. The summed E-state index contributed by atoms with van der Waals surface area (Å²) in [6.45, 7) is 12.4. The first-order chi connectivity index (χ1) is 20.1. The number of ether oxygens (including phenoxy) is 3. The van der Waals surface area contributed by atoms with Crippen LogP contribution in [0.15, 0.2) is 72.8 Å². The predicted molar refractivity (Wildman–Crippen MR) is 166 cm³/mol. The number of carboxylic acid groups (broad SMARTS) is 1. The van der Waals surface area contributed by atoms with Gasteiger partial charge in [-0.05, 0) is 66.9 Å². The monoisotopic (exact) mass is 579 g/mol. The van der Waals surface area contributed by atoms with Gasteiger partial charge in [0.1, 0.15) is 30.8 Å². The number of nitrogens with zero attached hydrogens (tertiary/aromatic N) is 1. The van der Waals surface area contributed by atoms with Crippen molar-refractivity contribution in [3.05, 3.63) is 89.5 Å². The lowest BCUT2D eigenvalue weighted by Gasteiger charge is -2.17. The van der Waals surface area contributed by atoms with Crippen LogP contribution in [0.25, 0.3) is 0 Å². The van der Waals surface area contributed by atoms with Crippen LogP contribution in [0.3, 0.4) is 0 Å². The molecule has 9 nitrogen and oxygen atoms in total. The fourth-order valence-corrected chi connectivity index (χ4v) is 3.74. The number of rotatable bonds is 15. The second-order valence-corrected chi connectivity index (χ2v) is 10.2. The Labute approximate surface area is 249 Å². The average Bonchev–Trinajstić information content (AvgIpc) is 2.99. The topological polar surface area (TPSA) is 137 Å². The van der Waals surface area contributed by atoms with Crippen LogP contribution in [0, 0.1) is 5.92 Å². The first kappa shape index (κ1) is 34.1. The van der Waals surface area contributed by atoms with Gasteiger partial charge in [-0.25, -0.2) is 4.79 Å². The maximum absolute atomic E-state index is 12.1. The molecule has 0 unspecified atom stereocenters. The molecule has 3 aromatic rings. The third kappa shape index (κ3) is 12.6. The third-order valence-corrected chi connectivity index (χ3v) is 6.30. The zero-order valence-corrected chi connectivity index (χ0v) is 25.1. The number of hydrogen-bond donors (Lipinski definition) is 3. The maximum Gasteiger partial charge on any atom is 0.338 e. The van der Waals surface area contributed by atoms with Crippen molar-refractivity contribution in [2.45, 2.75) is 46.8 Å². The molecular formula is C33H45N3O6. The Morgan fingerprint density at radius 1 is 0.905 bits per heavy atom. The summed E-state index contributed by atoms with van der Waals surface area (Å²) in [5, 5.41) is 8.76. The van der Waals surface area contributed by atoms with Crippen molar-refractivity contribution in [1.82, 2.24) is 4.90 Å². The first-order valence-corrected chi connectivity index (χ1v) is 14.3. The highest BCUT2D eigenvalue weighted by molar-refractivity contribution is 5.90. The number of esters is 1. The molecule has 1 atom stereocenters. The van der Waals surface area contributed by atoms with E-state index in [0.717, 1.165) is 36.5 Å². The Bertz CT molecular complexity index is 1210.